The van der Waals surface area contributed by atoms with E-state index in [-0.39, 0.29) is 17.7 Å². The van der Waals surface area contributed by atoms with Crippen LogP contribution in [0, 0.1) is 5.92 Å². The van der Waals surface area contributed by atoms with E-state index in [4.69, 9.17) is 11.5 Å². The van der Waals surface area contributed by atoms with Gasteiger partial charge in [-0.2, -0.15) is 0 Å². The van der Waals surface area contributed by atoms with Crippen molar-refractivity contribution in [3.63, 3.8) is 0 Å². The lowest BCUT2D eigenvalue weighted by atomic mass is 10.1. The Hall–Kier alpha value is -1.10. The largest absolute Gasteiger partial charge is 0.369 e. The average Bonchev–Trinajstić information content (AvgIpc) is 2.73. The molecule has 1 rings (SSSR count). The van der Waals surface area contributed by atoms with Gasteiger partial charge in [0.2, 0.25) is 11.8 Å². The summed E-state index contributed by atoms with van der Waals surface area (Å²) in [4.78, 5) is 24.4. The Bertz CT molecular complexity index is 256. The molecule has 0 aromatic heterocycles. The smallest absolute Gasteiger partial charge is 0.222 e. The Labute approximate surface area is 96.1 Å². The Kier molecular flexibility index (Phi) is 5.25. The minimum atomic E-state index is -0.293. The molecule has 0 spiro atoms. The highest BCUT2D eigenvalue weighted by Crippen LogP contribution is 2.17. The molecule has 5 nitrogen and oxygen atoms in total. The van der Waals surface area contributed by atoms with Crippen LogP contribution in [0.1, 0.15) is 32.1 Å². The van der Waals surface area contributed by atoms with Crippen LogP contribution in [0.25, 0.3) is 0 Å². The first-order valence-corrected chi connectivity index (χ1v) is 5.92. The molecule has 5 heteroatoms. The van der Waals surface area contributed by atoms with Crippen LogP contribution in [-0.4, -0.2) is 36.3 Å². The monoisotopic (exact) mass is 227 g/mol. The fourth-order valence-corrected chi connectivity index (χ4v) is 1.97. The molecule has 1 saturated heterocycles. The van der Waals surface area contributed by atoms with Crippen molar-refractivity contribution in [1.82, 2.24) is 4.90 Å². The zero-order valence-electron chi connectivity index (χ0n) is 9.65. The summed E-state index contributed by atoms with van der Waals surface area (Å²) in [5, 5.41) is 0. The SMILES string of the molecule is NCCCCCC(=O)N1CCC(C(N)=O)C1. The highest BCUT2D eigenvalue weighted by molar-refractivity contribution is 5.80. The fourth-order valence-electron chi connectivity index (χ4n) is 1.97. The molecule has 1 fully saturated rings. The van der Waals surface area contributed by atoms with Gasteiger partial charge in [-0.25, -0.2) is 0 Å². The lowest BCUT2D eigenvalue weighted by molar-refractivity contribution is -0.130. The molecule has 1 atom stereocenters. The summed E-state index contributed by atoms with van der Waals surface area (Å²) in [6.45, 7) is 1.86. The van der Waals surface area contributed by atoms with Crippen molar-refractivity contribution in [3.05, 3.63) is 0 Å². The van der Waals surface area contributed by atoms with E-state index in [1.54, 1.807) is 4.90 Å². The van der Waals surface area contributed by atoms with Gasteiger partial charge in [0.05, 0.1) is 5.92 Å². The molecule has 0 aromatic carbocycles. The third-order valence-electron chi connectivity index (χ3n) is 3.04. The van der Waals surface area contributed by atoms with Crippen LogP contribution >= 0.6 is 0 Å². The summed E-state index contributed by atoms with van der Waals surface area (Å²) < 4.78 is 0. The van der Waals surface area contributed by atoms with Crippen molar-refractivity contribution in [2.75, 3.05) is 19.6 Å². The van der Waals surface area contributed by atoms with Crippen LogP contribution in [-0.2, 0) is 9.59 Å². The Morgan fingerprint density at radius 1 is 1.25 bits per heavy atom. The quantitative estimate of drug-likeness (QED) is 0.618. The number of nitrogens with two attached hydrogens (primary N) is 2. The first kappa shape index (κ1) is 13.0. The highest BCUT2D eigenvalue weighted by Gasteiger charge is 2.28. The molecule has 0 aliphatic carbocycles. The second-order valence-corrected chi connectivity index (χ2v) is 4.33. The van der Waals surface area contributed by atoms with Gasteiger partial charge in [-0.3, -0.25) is 9.59 Å². The van der Waals surface area contributed by atoms with Crippen molar-refractivity contribution >= 4 is 11.8 Å². The van der Waals surface area contributed by atoms with Gasteiger partial charge in [-0.1, -0.05) is 6.42 Å². The first-order chi connectivity index (χ1) is 7.65. The molecule has 1 aliphatic rings. The number of carbonyl (C=O) groups is 2. The molecule has 0 radical (unpaired) electrons. The zero-order valence-corrected chi connectivity index (χ0v) is 9.65. The number of likely N-dealkylation sites (tertiary alicyclic amines) is 1. The summed E-state index contributed by atoms with van der Waals surface area (Å²) in [5.41, 5.74) is 10.6. The predicted octanol–water partition coefficient (Wildman–Crippen LogP) is -0.161. The Morgan fingerprint density at radius 3 is 2.56 bits per heavy atom. The van der Waals surface area contributed by atoms with Crippen molar-refractivity contribution in [1.29, 1.82) is 0 Å². The number of unbranched alkanes of at least 4 members (excludes halogenated alkanes) is 2. The van der Waals surface area contributed by atoms with E-state index >= 15 is 0 Å². The maximum absolute atomic E-state index is 11.7. The lowest BCUT2D eigenvalue weighted by Gasteiger charge is -2.15. The van der Waals surface area contributed by atoms with E-state index in [0.29, 0.717) is 32.5 Å². The summed E-state index contributed by atoms with van der Waals surface area (Å²) in [5.74, 6) is -0.299. The number of hydrogen-bond donors (Lipinski definition) is 2. The van der Waals surface area contributed by atoms with Crippen LogP contribution in [0.2, 0.25) is 0 Å². The molecular formula is C11H21N3O2. The van der Waals surface area contributed by atoms with E-state index in [1.807, 2.05) is 0 Å². The maximum atomic E-state index is 11.7. The normalized spacial score (nSPS) is 20.1. The Balaban J connectivity index is 2.20. The molecule has 1 aliphatic heterocycles. The van der Waals surface area contributed by atoms with Crippen molar-refractivity contribution in [3.8, 4) is 0 Å². The van der Waals surface area contributed by atoms with Crippen LogP contribution in [0.5, 0.6) is 0 Å². The van der Waals surface area contributed by atoms with Crippen molar-refractivity contribution in [2.24, 2.45) is 17.4 Å². The molecule has 0 aromatic rings. The van der Waals surface area contributed by atoms with Crippen LogP contribution in [0.15, 0.2) is 0 Å². The van der Waals surface area contributed by atoms with E-state index < -0.39 is 0 Å². The van der Waals surface area contributed by atoms with E-state index in [9.17, 15) is 9.59 Å². The molecule has 0 saturated carbocycles. The zero-order chi connectivity index (χ0) is 12.0. The van der Waals surface area contributed by atoms with Gasteiger partial charge in [-0.15, -0.1) is 0 Å². The van der Waals surface area contributed by atoms with Gasteiger partial charge < -0.3 is 16.4 Å². The van der Waals surface area contributed by atoms with Gasteiger partial charge in [0.1, 0.15) is 0 Å². The number of nitrogens with zero attached hydrogens (tertiary/aromatic N) is 1. The summed E-state index contributed by atoms with van der Waals surface area (Å²) in [6.07, 6.45) is 4.12. The summed E-state index contributed by atoms with van der Waals surface area (Å²) in [7, 11) is 0. The minimum absolute atomic E-state index is 0.140. The van der Waals surface area contributed by atoms with Gasteiger partial charge in [0.15, 0.2) is 0 Å². The third-order valence-corrected chi connectivity index (χ3v) is 3.04. The predicted molar refractivity (Wildman–Crippen MR) is 61.4 cm³/mol. The van der Waals surface area contributed by atoms with Crippen LogP contribution in [0.4, 0.5) is 0 Å². The molecule has 1 unspecified atom stereocenters. The van der Waals surface area contributed by atoms with Crippen molar-refractivity contribution in [2.45, 2.75) is 32.1 Å². The van der Waals surface area contributed by atoms with E-state index in [1.165, 1.54) is 0 Å². The molecular weight excluding hydrogens is 206 g/mol. The second-order valence-electron chi connectivity index (χ2n) is 4.33. The second kappa shape index (κ2) is 6.48. The molecule has 16 heavy (non-hydrogen) atoms. The fraction of sp³-hybridized carbons (Fsp3) is 0.818. The van der Waals surface area contributed by atoms with Crippen molar-refractivity contribution < 1.29 is 9.59 Å². The highest BCUT2D eigenvalue weighted by atomic mass is 16.2. The number of carbonyl (C=O) groups excluding carboxylic acids is 2. The number of hydrogen-bond acceptors (Lipinski definition) is 3. The molecule has 0 bridgehead atoms. The molecule has 92 valence electrons. The average molecular weight is 227 g/mol. The summed E-state index contributed by atoms with van der Waals surface area (Å²) >= 11 is 0. The standard InChI is InChI=1S/C11H21N3O2/c12-6-3-1-2-4-10(15)14-7-5-9(8-14)11(13)16/h9H,1-8,12H2,(H2,13,16). The number of primary amides is 1. The first-order valence-electron chi connectivity index (χ1n) is 5.92. The Morgan fingerprint density at radius 2 is 2.00 bits per heavy atom. The van der Waals surface area contributed by atoms with Crippen LogP contribution in [0.3, 0.4) is 0 Å². The summed E-state index contributed by atoms with van der Waals surface area (Å²) in [6, 6.07) is 0. The molecule has 4 N–H and O–H groups in total. The maximum Gasteiger partial charge on any atom is 0.222 e. The number of amides is 2. The third kappa shape index (κ3) is 3.81. The lowest BCUT2D eigenvalue weighted by Crippen LogP contribution is -2.31. The minimum Gasteiger partial charge on any atom is -0.369 e. The van der Waals surface area contributed by atoms with Gasteiger partial charge in [0, 0.05) is 19.5 Å². The molecule has 2 amide bonds. The van der Waals surface area contributed by atoms with Gasteiger partial charge >= 0.3 is 0 Å². The van der Waals surface area contributed by atoms with Gasteiger partial charge in [0.25, 0.3) is 0 Å². The van der Waals surface area contributed by atoms with Gasteiger partial charge in [-0.05, 0) is 25.8 Å². The topological polar surface area (TPSA) is 89.4 Å². The number of rotatable bonds is 6. The van der Waals surface area contributed by atoms with E-state index in [0.717, 1.165) is 19.3 Å². The molecule has 1 heterocycles. The van der Waals surface area contributed by atoms with Crippen LogP contribution < -0.4 is 11.5 Å². The van der Waals surface area contributed by atoms with E-state index in [2.05, 4.69) is 0 Å².